The van der Waals surface area contributed by atoms with Gasteiger partial charge in [0, 0.05) is 36.3 Å². The quantitative estimate of drug-likeness (QED) is 0.726. The van der Waals surface area contributed by atoms with E-state index in [-0.39, 0.29) is 6.04 Å². The SMILES string of the molecule is CCc1c(C(C)NCCc2ncc[nH]2)oc2ccccc12. The molecule has 2 aromatic heterocycles. The van der Waals surface area contributed by atoms with Crippen molar-refractivity contribution in [3.63, 3.8) is 0 Å². The summed E-state index contributed by atoms with van der Waals surface area (Å²) in [6, 6.07) is 8.45. The van der Waals surface area contributed by atoms with Crippen LogP contribution in [0.3, 0.4) is 0 Å². The van der Waals surface area contributed by atoms with Gasteiger partial charge in [-0.2, -0.15) is 0 Å². The van der Waals surface area contributed by atoms with Crippen LogP contribution in [0.25, 0.3) is 11.0 Å². The molecule has 0 amide bonds. The molecule has 2 heterocycles. The molecule has 21 heavy (non-hydrogen) atoms. The first kappa shape index (κ1) is 13.9. The number of imidazole rings is 1. The van der Waals surface area contributed by atoms with Crippen LogP contribution in [0.5, 0.6) is 0 Å². The predicted octanol–water partition coefficient (Wildman–Crippen LogP) is 3.61. The van der Waals surface area contributed by atoms with Gasteiger partial charge in [0.05, 0.1) is 6.04 Å². The van der Waals surface area contributed by atoms with Gasteiger partial charge in [-0.1, -0.05) is 25.1 Å². The number of benzene rings is 1. The number of nitrogens with zero attached hydrogens (tertiary/aromatic N) is 1. The fourth-order valence-electron chi connectivity index (χ4n) is 2.77. The molecular weight excluding hydrogens is 262 g/mol. The fourth-order valence-corrected chi connectivity index (χ4v) is 2.77. The molecule has 0 saturated carbocycles. The number of fused-ring (bicyclic) bond motifs is 1. The first-order valence-corrected chi connectivity index (χ1v) is 7.51. The zero-order valence-electron chi connectivity index (χ0n) is 12.5. The number of H-pyrrole nitrogens is 1. The Morgan fingerprint density at radius 1 is 1.33 bits per heavy atom. The second kappa shape index (κ2) is 6.14. The fraction of sp³-hybridized carbons (Fsp3) is 0.353. The average Bonchev–Trinajstić information content (AvgIpc) is 3.13. The van der Waals surface area contributed by atoms with Gasteiger partial charge in [-0.3, -0.25) is 0 Å². The lowest BCUT2D eigenvalue weighted by Gasteiger charge is -2.12. The van der Waals surface area contributed by atoms with Gasteiger partial charge in [-0.15, -0.1) is 0 Å². The van der Waals surface area contributed by atoms with Crippen LogP contribution in [0, 0.1) is 0 Å². The van der Waals surface area contributed by atoms with Crippen LogP contribution in [0.15, 0.2) is 41.1 Å². The normalized spacial score (nSPS) is 12.9. The molecule has 0 fully saturated rings. The van der Waals surface area contributed by atoms with Crippen LogP contribution >= 0.6 is 0 Å². The number of para-hydroxylation sites is 1. The van der Waals surface area contributed by atoms with Crippen molar-refractivity contribution in [1.82, 2.24) is 15.3 Å². The molecule has 0 saturated heterocycles. The summed E-state index contributed by atoms with van der Waals surface area (Å²) in [7, 11) is 0. The molecule has 1 unspecified atom stereocenters. The molecule has 0 radical (unpaired) electrons. The van der Waals surface area contributed by atoms with Crippen molar-refractivity contribution in [2.24, 2.45) is 0 Å². The second-order valence-corrected chi connectivity index (χ2v) is 5.26. The zero-order chi connectivity index (χ0) is 14.7. The Morgan fingerprint density at radius 3 is 2.95 bits per heavy atom. The van der Waals surface area contributed by atoms with E-state index in [0.29, 0.717) is 0 Å². The third-order valence-electron chi connectivity index (χ3n) is 3.84. The van der Waals surface area contributed by atoms with Crippen LogP contribution in [-0.4, -0.2) is 16.5 Å². The van der Waals surface area contributed by atoms with Crippen LogP contribution in [-0.2, 0) is 12.8 Å². The number of nitrogens with one attached hydrogen (secondary N) is 2. The van der Waals surface area contributed by atoms with Crippen molar-refractivity contribution in [2.45, 2.75) is 32.7 Å². The minimum atomic E-state index is 0.197. The summed E-state index contributed by atoms with van der Waals surface area (Å²) in [5.74, 6) is 2.06. The van der Waals surface area contributed by atoms with Gasteiger partial charge in [0.2, 0.25) is 0 Å². The lowest BCUT2D eigenvalue weighted by Crippen LogP contribution is -2.22. The Balaban J connectivity index is 1.73. The van der Waals surface area contributed by atoms with Crippen LogP contribution in [0.4, 0.5) is 0 Å². The largest absolute Gasteiger partial charge is 0.459 e. The Labute approximate surface area is 124 Å². The number of hydrogen-bond acceptors (Lipinski definition) is 3. The van der Waals surface area contributed by atoms with Crippen molar-refractivity contribution in [3.05, 3.63) is 53.8 Å². The lowest BCUT2D eigenvalue weighted by molar-refractivity contribution is 0.447. The molecule has 3 rings (SSSR count). The third-order valence-corrected chi connectivity index (χ3v) is 3.84. The molecule has 110 valence electrons. The standard InChI is InChI=1S/C17H21N3O/c1-3-13-14-6-4-5-7-15(14)21-17(13)12(2)18-9-8-16-19-10-11-20-16/h4-7,10-12,18H,3,8-9H2,1-2H3,(H,19,20). The number of hydrogen-bond donors (Lipinski definition) is 2. The maximum atomic E-state index is 6.05. The maximum absolute atomic E-state index is 6.05. The van der Waals surface area contributed by atoms with Gasteiger partial charge in [-0.05, 0) is 19.4 Å². The Bertz CT molecular complexity index is 700. The average molecular weight is 283 g/mol. The Kier molecular flexibility index (Phi) is 4.06. The summed E-state index contributed by atoms with van der Waals surface area (Å²) in [6.45, 7) is 5.20. The lowest BCUT2D eigenvalue weighted by atomic mass is 10.1. The van der Waals surface area contributed by atoms with Crippen molar-refractivity contribution in [1.29, 1.82) is 0 Å². The van der Waals surface area contributed by atoms with Gasteiger partial charge < -0.3 is 14.7 Å². The molecule has 3 aromatic rings. The van der Waals surface area contributed by atoms with Crippen LogP contribution in [0.1, 0.15) is 37.0 Å². The van der Waals surface area contributed by atoms with E-state index in [0.717, 1.165) is 36.6 Å². The van der Waals surface area contributed by atoms with E-state index >= 15 is 0 Å². The molecule has 0 bridgehead atoms. The molecule has 4 heteroatoms. The molecule has 0 aliphatic heterocycles. The summed E-state index contributed by atoms with van der Waals surface area (Å²) < 4.78 is 6.05. The highest BCUT2D eigenvalue weighted by atomic mass is 16.3. The molecular formula is C17H21N3O. The Morgan fingerprint density at radius 2 is 2.19 bits per heavy atom. The number of aromatic nitrogens is 2. The summed E-state index contributed by atoms with van der Waals surface area (Å²) in [5, 5.41) is 4.75. The number of aromatic amines is 1. The van der Waals surface area contributed by atoms with E-state index in [1.165, 1.54) is 10.9 Å². The predicted molar refractivity (Wildman–Crippen MR) is 84.3 cm³/mol. The second-order valence-electron chi connectivity index (χ2n) is 5.26. The number of furan rings is 1. The van der Waals surface area contributed by atoms with E-state index in [1.807, 2.05) is 18.3 Å². The van der Waals surface area contributed by atoms with Crippen LogP contribution < -0.4 is 5.32 Å². The minimum absolute atomic E-state index is 0.197. The summed E-state index contributed by atoms with van der Waals surface area (Å²) >= 11 is 0. The zero-order valence-corrected chi connectivity index (χ0v) is 12.5. The van der Waals surface area contributed by atoms with Crippen molar-refractivity contribution in [3.8, 4) is 0 Å². The summed E-state index contributed by atoms with van der Waals surface area (Å²) in [6.07, 6.45) is 5.51. The van der Waals surface area contributed by atoms with Gasteiger partial charge >= 0.3 is 0 Å². The molecule has 1 aromatic carbocycles. The Hall–Kier alpha value is -2.07. The van der Waals surface area contributed by atoms with E-state index < -0.39 is 0 Å². The van der Waals surface area contributed by atoms with Gasteiger partial charge in [0.25, 0.3) is 0 Å². The van der Waals surface area contributed by atoms with Crippen molar-refractivity contribution in [2.75, 3.05) is 6.54 Å². The summed E-state index contributed by atoms with van der Waals surface area (Å²) in [5.41, 5.74) is 2.28. The highest BCUT2D eigenvalue weighted by Gasteiger charge is 2.17. The highest BCUT2D eigenvalue weighted by Crippen LogP contribution is 2.30. The first-order valence-electron chi connectivity index (χ1n) is 7.51. The van der Waals surface area contributed by atoms with Crippen molar-refractivity contribution < 1.29 is 4.42 Å². The van der Waals surface area contributed by atoms with Crippen LogP contribution in [0.2, 0.25) is 0 Å². The van der Waals surface area contributed by atoms with Crippen molar-refractivity contribution >= 4 is 11.0 Å². The number of aryl methyl sites for hydroxylation is 1. The van der Waals surface area contributed by atoms with E-state index in [9.17, 15) is 0 Å². The van der Waals surface area contributed by atoms with E-state index in [1.54, 1.807) is 6.20 Å². The number of rotatable bonds is 6. The topological polar surface area (TPSA) is 53.9 Å². The van der Waals surface area contributed by atoms with E-state index in [2.05, 4.69) is 41.3 Å². The molecule has 4 nitrogen and oxygen atoms in total. The molecule has 0 aliphatic carbocycles. The van der Waals surface area contributed by atoms with E-state index in [4.69, 9.17) is 4.42 Å². The minimum Gasteiger partial charge on any atom is -0.459 e. The molecule has 1 atom stereocenters. The molecule has 0 spiro atoms. The summed E-state index contributed by atoms with van der Waals surface area (Å²) in [4.78, 5) is 7.36. The smallest absolute Gasteiger partial charge is 0.134 e. The third kappa shape index (κ3) is 2.85. The maximum Gasteiger partial charge on any atom is 0.134 e. The first-order chi connectivity index (χ1) is 10.3. The van der Waals surface area contributed by atoms with Gasteiger partial charge in [0.15, 0.2) is 0 Å². The van der Waals surface area contributed by atoms with Gasteiger partial charge in [0.1, 0.15) is 17.2 Å². The molecule has 0 aliphatic rings. The molecule has 2 N–H and O–H groups in total. The van der Waals surface area contributed by atoms with Gasteiger partial charge in [-0.25, -0.2) is 4.98 Å². The monoisotopic (exact) mass is 283 g/mol. The highest BCUT2D eigenvalue weighted by molar-refractivity contribution is 5.82.